The molecule has 11 heteroatoms. The van der Waals surface area contributed by atoms with Crippen molar-refractivity contribution < 1.29 is 9.74 Å². The summed E-state index contributed by atoms with van der Waals surface area (Å²) < 4.78 is 4.23. The fourth-order valence-corrected chi connectivity index (χ4v) is 0.918. The van der Waals surface area contributed by atoms with Crippen LogP contribution >= 0.6 is 0 Å². The monoisotopic (exact) mass is 239 g/mol. The predicted octanol–water partition coefficient (Wildman–Crippen LogP) is -0.851. The smallest absolute Gasteiger partial charge is 0.328 e. The van der Waals surface area contributed by atoms with Crippen molar-refractivity contribution in [2.45, 2.75) is 0 Å². The molecule has 0 spiro atoms. The number of nitrogens with zero attached hydrogens (tertiary/aromatic N) is 4. The molecule has 11 nitrogen and oxygen atoms in total. The Balaban J connectivity index is 2.44. The summed E-state index contributed by atoms with van der Waals surface area (Å²) in [4.78, 5) is 25.8. The van der Waals surface area contributed by atoms with Gasteiger partial charge in [0.15, 0.2) is 0 Å². The number of anilines is 1. The lowest BCUT2D eigenvalue weighted by Crippen LogP contribution is -2.20. The van der Waals surface area contributed by atoms with E-state index in [0.29, 0.717) is 0 Å². The second kappa shape index (κ2) is 3.88. The summed E-state index contributed by atoms with van der Waals surface area (Å²) in [6.07, 6.45) is 0. The molecule has 2 rings (SSSR count). The molecule has 0 amide bonds. The minimum atomic E-state index is -0.912. The van der Waals surface area contributed by atoms with E-state index in [1.165, 1.54) is 0 Å². The third-order valence-electron chi connectivity index (χ3n) is 1.64. The van der Waals surface area contributed by atoms with Crippen LogP contribution in [0.4, 0.5) is 17.3 Å². The maximum Gasteiger partial charge on any atom is 0.328 e. The Morgan fingerprint density at radius 2 is 2.00 bits per heavy atom. The number of aromatic hydroxyl groups is 1. The Hall–Kier alpha value is -2.98. The average Bonchev–Trinajstić information content (AvgIpc) is 2.62. The van der Waals surface area contributed by atoms with E-state index in [2.05, 4.69) is 25.2 Å². The van der Waals surface area contributed by atoms with Gasteiger partial charge in [-0.3, -0.25) is 14.8 Å². The van der Waals surface area contributed by atoms with Gasteiger partial charge in [-0.25, -0.2) is 9.42 Å². The molecule has 0 radical (unpaired) electrons. The minimum Gasteiger partial charge on any atom is -0.493 e. The molecular weight excluding hydrogens is 234 g/mol. The maximum atomic E-state index is 11.2. The largest absolute Gasteiger partial charge is 0.493 e. The van der Waals surface area contributed by atoms with Gasteiger partial charge >= 0.3 is 5.69 Å². The summed E-state index contributed by atoms with van der Waals surface area (Å²) in [5, 5.41) is 22.5. The number of aromatic amines is 2. The molecule has 5 N–H and O–H groups in total. The average molecular weight is 239 g/mol. The van der Waals surface area contributed by atoms with E-state index in [1.54, 1.807) is 0 Å². The number of aromatic nitrogens is 4. The molecule has 0 bridgehead atoms. The van der Waals surface area contributed by atoms with Crippen molar-refractivity contribution in [3.05, 3.63) is 20.8 Å². The van der Waals surface area contributed by atoms with Crippen LogP contribution in [-0.4, -0.2) is 25.4 Å². The predicted molar refractivity (Wildman–Crippen MR) is 52.2 cm³/mol. The van der Waals surface area contributed by atoms with Crippen LogP contribution < -0.4 is 17.0 Å². The molecule has 88 valence electrons. The van der Waals surface area contributed by atoms with Crippen LogP contribution in [0.1, 0.15) is 0 Å². The van der Waals surface area contributed by atoms with E-state index in [4.69, 9.17) is 5.73 Å². The highest BCUT2D eigenvalue weighted by Gasteiger charge is 2.09. The third-order valence-corrected chi connectivity index (χ3v) is 1.64. The normalized spacial score (nSPS) is 11.1. The minimum absolute atomic E-state index is 0.130. The summed E-state index contributed by atoms with van der Waals surface area (Å²) in [6.45, 7) is 0. The summed E-state index contributed by atoms with van der Waals surface area (Å²) in [5.41, 5.74) is 3.01. The summed E-state index contributed by atoms with van der Waals surface area (Å²) >= 11 is 0. The molecule has 0 aliphatic carbocycles. The SMILES string of the molecule is Nc1nonc1N=Nc1c(O)[nH]c(=O)[nH]c1=O. The van der Waals surface area contributed by atoms with Gasteiger partial charge < -0.3 is 10.8 Å². The molecule has 0 saturated carbocycles. The molecule has 0 atom stereocenters. The lowest BCUT2D eigenvalue weighted by atomic mass is 10.5. The third kappa shape index (κ3) is 2.01. The van der Waals surface area contributed by atoms with Crippen LogP contribution in [0.5, 0.6) is 5.88 Å². The van der Waals surface area contributed by atoms with Gasteiger partial charge in [0.1, 0.15) is 0 Å². The van der Waals surface area contributed by atoms with E-state index in [0.717, 1.165) is 0 Å². The van der Waals surface area contributed by atoms with Crippen molar-refractivity contribution in [2.75, 3.05) is 5.73 Å². The van der Waals surface area contributed by atoms with Crippen LogP contribution in [0, 0.1) is 0 Å². The molecule has 0 fully saturated rings. The second-order valence-corrected chi connectivity index (χ2v) is 2.78. The summed E-state index contributed by atoms with van der Waals surface area (Å²) in [6, 6.07) is 0. The highest BCUT2D eigenvalue weighted by atomic mass is 16.6. The lowest BCUT2D eigenvalue weighted by Gasteiger charge is -1.93. The van der Waals surface area contributed by atoms with Crippen LogP contribution in [0.2, 0.25) is 0 Å². The van der Waals surface area contributed by atoms with Gasteiger partial charge in [-0.2, -0.15) is 0 Å². The van der Waals surface area contributed by atoms with Crippen molar-refractivity contribution in [3.63, 3.8) is 0 Å². The molecule has 0 unspecified atom stereocenters. The highest BCUT2D eigenvalue weighted by molar-refractivity contribution is 5.49. The molecule has 0 aliphatic rings. The van der Waals surface area contributed by atoms with Crippen LogP contribution in [0.3, 0.4) is 0 Å². The molecule has 0 aliphatic heterocycles. The molecule has 2 aromatic heterocycles. The number of azo groups is 1. The Morgan fingerprint density at radius 3 is 2.59 bits per heavy atom. The van der Waals surface area contributed by atoms with Gasteiger partial charge in [0.25, 0.3) is 11.4 Å². The van der Waals surface area contributed by atoms with Crippen LogP contribution in [-0.2, 0) is 0 Å². The first-order valence-electron chi connectivity index (χ1n) is 4.13. The van der Waals surface area contributed by atoms with Crippen molar-refractivity contribution >= 4 is 17.3 Å². The van der Waals surface area contributed by atoms with Crippen molar-refractivity contribution in [2.24, 2.45) is 10.2 Å². The number of H-pyrrole nitrogens is 2. The van der Waals surface area contributed by atoms with Gasteiger partial charge in [0.2, 0.25) is 17.4 Å². The Bertz CT molecular complexity index is 680. The zero-order chi connectivity index (χ0) is 12.4. The zero-order valence-corrected chi connectivity index (χ0v) is 8.04. The van der Waals surface area contributed by atoms with E-state index >= 15 is 0 Å². The van der Waals surface area contributed by atoms with Gasteiger partial charge in [-0.1, -0.05) is 0 Å². The topological polar surface area (TPSA) is 176 Å². The summed E-state index contributed by atoms with van der Waals surface area (Å²) in [7, 11) is 0. The van der Waals surface area contributed by atoms with Crippen LogP contribution in [0.25, 0.3) is 0 Å². The maximum absolute atomic E-state index is 11.2. The first-order chi connectivity index (χ1) is 8.08. The van der Waals surface area contributed by atoms with Crippen LogP contribution in [0.15, 0.2) is 24.4 Å². The van der Waals surface area contributed by atoms with Crippen molar-refractivity contribution in [1.29, 1.82) is 0 Å². The van der Waals surface area contributed by atoms with E-state index in [9.17, 15) is 14.7 Å². The van der Waals surface area contributed by atoms with Crippen molar-refractivity contribution in [3.8, 4) is 5.88 Å². The lowest BCUT2D eigenvalue weighted by molar-refractivity contribution is 0.310. The number of rotatable bonds is 2. The fourth-order valence-electron chi connectivity index (χ4n) is 0.918. The Kier molecular flexibility index (Phi) is 2.40. The Labute approximate surface area is 91.0 Å². The molecular formula is C6H5N7O4. The Morgan fingerprint density at radius 1 is 1.24 bits per heavy atom. The van der Waals surface area contributed by atoms with Crippen molar-refractivity contribution in [1.82, 2.24) is 20.3 Å². The van der Waals surface area contributed by atoms with E-state index < -0.39 is 22.8 Å². The first-order valence-corrected chi connectivity index (χ1v) is 4.13. The number of nitrogens with two attached hydrogens (primary N) is 1. The zero-order valence-electron chi connectivity index (χ0n) is 8.04. The number of hydrogen-bond donors (Lipinski definition) is 4. The molecule has 0 aromatic carbocycles. The van der Waals surface area contributed by atoms with E-state index in [-0.39, 0.29) is 11.6 Å². The molecule has 2 heterocycles. The number of nitrogens with one attached hydrogen (secondary N) is 2. The second-order valence-electron chi connectivity index (χ2n) is 2.78. The van der Waals surface area contributed by atoms with Gasteiger partial charge in [0, 0.05) is 0 Å². The highest BCUT2D eigenvalue weighted by Crippen LogP contribution is 2.21. The summed E-state index contributed by atoms with van der Waals surface area (Å²) in [5.74, 6) is -1.01. The fraction of sp³-hybridized carbons (Fsp3) is 0. The van der Waals surface area contributed by atoms with Gasteiger partial charge in [0.05, 0.1) is 0 Å². The standard InChI is InChI=1S/C6H5N7O4/c7-2-3(13-17-12-2)11-10-1-4(14)8-6(16)9-5(1)15/h(H2,7,12)(H3,8,9,14,15,16). The number of nitrogen functional groups attached to an aromatic ring is 1. The quantitative estimate of drug-likeness (QED) is 0.493. The number of hydrogen-bond acceptors (Lipinski definition) is 9. The molecule has 17 heavy (non-hydrogen) atoms. The molecule has 0 saturated heterocycles. The molecule has 2 aromatic rings. The van der Waals surface area contributed by atoms with E-state index in [1.807, 2.05) is 9.97 Å². The van der Waals surface area contributed by atoms with Gasteiger partial charge in [-0.15, -0.1) is 10.2 Å². The first kappa shape index (κ1) is 10.5. The van der Waals surface area contributed by atoms with Gasteiger partial charge in [-0.05, 0) is 10.3 Å².